The molecule has 0 fully saturated rings. The second-order valence-corrected chi connectivity index (χ2v) is 7.98. The highest BCUT2D eigenvalue weighted by atomic mass is 35.5. The van der Waals surface area contributed by atoms with Crippen LogP contribution in [0.5, 0.6) is 11.5 Å². The number of H-pyrrole nitrogens is 1. The Hall–Kier alpha value is -3.36. The fourth-order valence-corrected chi connectivity index (χ4v) is 3.47. The zero-order chi connectivity index (χ0) is 22.7. The Bertz CT molecular complexity index is 1280. The smallest absolute Gasteiger partial charge is 0.173 e. The van der Waals surface area contributed by atoms with Crippen molar-refractivity contribution in [1.29, 1.82) is 5.41 Å². The van der Waals surface area contributed by atoms with Crippen LogP contribution in [-0.2, 0) is 23.5 Å². The lowest BCUT2D eigenvalue weighted by atomic mass is 10.1. The molecule has 8 nitrogen and oxygen atoms in total. The van der Waals surface area contributed by atoms with Gasteiger partial charge in [-0.2, -0.15) is 0 Å². The molecule has 2 N–H and O–H groups in total. The first-order valence-electron chi connectivity index (χ1n) is 10.3. The van der Waals surface area contributed by atoms with Crippen molar-refractivity contribution in [2.75, 3.05) is 14.2 Å². The molecule has 0 amide bonds. The number of nitrogens with zero attached hydrogens (tertiary/aromatic N) is 3. The molecule has 0 saturated heterocycles. The molecule has 0 aliphatic carbocycles. The summed E-state index contributed by atoms with van der Waals surface area (Å²) >= 11 is 0. The predicted molar refractivity (Wildman–Crippen MR) is 128 cm³/mol. The molecule has 33 heavy (non-hydrogen) atoms. The number of nitrogens with one attached hydrogen (secondary N) is 2. The van der Waals surface area contributed by atoms with E-state index in [0.29, 0.717) is 41.6 Å². The van der Waals surface area contributed by atoms with Crippen LogP contribution in [0.3, 0.4) is 0 Å². The van der Waals surface area contributed by atoms with E-state index in [1.54, 1.807) is 20.5 Å². The van der Waals surface area contributed by atoms with Crippen LogP contribution < -0.4 is 15.0 Å². The monoisotopic (exact) mass is 469 g/mol. The summed E-state index contributed by atoms with van der Waals surface area (Å²) in [5, 5.41) is 8.24. The summed E-state index contributed by atoms with van der Waals surface area (Å²) in [4.78, 5) is 12.3. The van der Waals surface area contributed by atoms with Crippen molar-refractivity contribution in [2.24, 2.45) is 0 Å². The highest BCUT2D eigenvalue weighted by molar-refractivity contribution is 5.85. The molecule has 2 heterocycles. The predicted octanol–water partition coefficient (Wildman–Crippen LogP) is 4.18. The fourth-order valence-electron chi connectivity index (χ4n) is 3.47. The standard InChI is InChI=1S/C24H27N5O3.ClH/c1-24(2,32-14-16-8-6-5-7-9-16)23-27-20-21(25)26-15-29(22(20)28-23)13-17-10-11-18(30-3)19(12-17)31-4;/h5-12,15,25H,13-14H2,1-4H3,(H,27,28);1H. The zero-order valence-corrected chi connectivity index (χ0v) is 19.9. The third kappa shape index (κ3) is 5.18. The van der Waals surface area contributed by atoms with Crippen molar-refractivity contribution in [3.05, 3.63) is 77.3 Å². The Balaban J connectivity index is 0.00000306. The van der Waals surface area contributed by atoms with Crippen molar-refractivity contribution in [2.45, 2.75) is 32.6 Å². The van der Waals surface area contributed by atoms with Gasteiger partial charge in [-0.05, 0) is 37.1 Å². The molecule has 0 spiro atoms. The second kappa shape index (κ2) is 10.1. The Morgan fingerprint density at radius 1 is 1.00 bits per heavy atom. The molecule has 0 saturated carbocycles. The number of benzene rings is 2. The van der Waals surface area contributed by atoms with E-state index in [2.05, 4.69) is 9.97 Å². The number of fused-ring (bicyclic) bond motifs is 1. The number of imidazole rings is 1. The van der Waals surface area contributed by atoms with Crippen molar-refractivity contribution < 1.29 is 14.2 Å². The highest BCUT2D eigenvalue weighted by Crippen LogP contribution is 2.29. The third-order valence-electron chi connectivity index (χ3n) is 5.33. The summed E-state index contributed by atoms with van der Waals surface area (Å²) in [5.74, 6) is 1.97. The molecule has 4 aromatic rings. The van der Waals surface area contributed by atoms with Gasteiger partial charge in [0.25, 0.3) is 0 Å². The summed E-state index contributed by atoms with van der Waals surface area (Å²) in [6.07, 6.45) is 1.63. The first-order valence-corrected chi connectivity index (χ1v) is 10.3. The van der Waals surface area contributed by atoms with Gasteiger partial charge < -0.3 is 23.8 Å². The van der Waals surface area contributed by atoms with Gasteiger partial charge in [0.05, 0.1) is 33.7 Å². The summed E-state index contributed by atoms with van der Waals surface area (Å²) in [5.41, 5.74) is 2.76. The molecular weight excluding hydrogens is 442 g/mol. The maximum atomic E-state index is 8.24. The molecule has 0 aliphatic rings. The molecular formula is C24H28ClN5O3. The van der Waals surface area contributed by atoms with Crippen LogP contribution in [0.2, 0.25) is 0 Å². The molecule has 2 aromatic carbocycles. The number of rotatable bonds is 8. The van der Waals surface area contributed by atoms with Gasteiger partial charge in [-0.15, -0.1) is 12.4 Å². The second-order valence-electron chi connectivity index (χ2n) is 7.98. The minimum Gasteiger partial charge on any atom is -0.493 e. The van der Waals surface area contributed by atoms with E-state index in [0.717, 1.165) is 11.1 Å². The molecule has 2 aromatic heterocycles. The van der Waals surface area contributed by atoms with Gasteiger partial charge in [-0.1, -0.05) is 36.4 Å². The number of aromatic amines is 1. The van der Waals surface area contributed by atoms with Gasteiger partial charge in [0.15, 0.2) is 22.6 Å². The van der Waals surface area contributed by atoms with Crippen molar-refractivity contribution in [1.82, 2.24) is 19.5 Å². The lowest BCUT2D eigenvalue weighted by Crippen LogP contribution is -2.23. The Morgan fingerprint density at radius 2 is 1.73 bits per heavy atom. The van der Waals surface area contributed by atoms with E-state index in [1.165, 1.54) is 0 Å². The van der Waals surface area contributed by atoms with Gasteiger partial charge in [0, 0.05) is 0 Å². The van der Waals surface area contributed by atoms with Crippen LogP contribution in [-0.4, -0.2) is 33.7 Å². The molecule has 4 rings (SSSR count). The number of aromatic nitrogens is 4. The van der Waals surface area contributed by atoms with E-state index in [4.69, 9.17) is 24.6 Å². The van der Waals surface area contributed by atoms with E-state index >= 15 is 0 Å². The molecule has 0 atom stereocenters. The van der Waals surface area contributed by atoms with Crippen LogP contribution in [0.4, 0.5) is 0 Å². The number of halogens is 1. The van der Waals surface area contributed by atoms with Crippen LogP contribution in [0.15, 0.2) is 54.9 Å². The quantitative estimate of drug-likeness (QED) is 0.403. The Kier molecular flexibility index (Phi) is 7.40. The van der Waals surface area contributed by atoms with Crippen molar-refractivity contribution >= 4 is 23.6 Å². The topological polar surface area (TPSA) is 98.0 Å². The first kappa shape index (κ1) is 24.3. The van der Waals surface area contributed by atoms with E-state index in [1.807, 2.05) is 66.9 Å². The van der Waals surface area contributed by atoms with E-state index in [9.17, 15) is 0 Å². The van der Waals surface area contributed by atoms with Crippen molar-refractivity contribution in [3.8, 4) is 11.5 Å². The normalized spacial score (nSPS) is 11.3. The largest absolute Gasteiger partial charge is 0.493 e. The number of hydrogen-bond donors (Lipinski definition) is 2. The molecule has 0 bridgehead atoms. The number of ether oxygens (including phenoxy) is 3. The van der Waals surface area contributed by atoms with Gasteiger partial charge in [-0.3, -0.25) is 5.41 Å². The molecule has 0 radical (unpaired) electrons. The Labute approximate surface area is 198 Å². The molecule has 174 valence electrons. The van der Waals surface area contributed by atoms with Gasteiger partial charge in [-0.25, -0.2) is 9.97 Å². The van der Waals surface area contributed by atoms with Gasteiger partial charge in [0.1, 0.15) is 16.9 Å². The molecule has 0 aliphatic heterocycles. The van der Waals surface area contributed by atoms with E-state index in [-0.39, 0.29) is 17.9 Å². The fraction of sp³-hybridized carbons (Fsp3) is 0.292. The maximum absolute atomic E-state index is 8.24. The van der Waals surface area contributed by atoms with Gasteiger partial charge in [0.2, 0.25) is 0 Å². The SMILES string of the molecule is COc1ccc(Cn2cnc(=N)c3[nH]c(C(C)(C)OCc4ccccc4)nc32)cc1OC.Cl. The third-order valence-corrected chi connectivity index (χ3v) is 5.33. The zero-order valence-electron chi connectivity index (χ0n) is 19.1. The van der Waals surface area contributed by atoms with Crippen molar-refractivity contribution in [3.63, 3.8) is 0 Å². The minimum atomic E-state index is -0.678. The molecule has 0 unspecified atom stereocenters. The van der Waals surface area contributed by atoms with Gasteiger partial charge >= 0.3 is 0 Å². The number of methoxy groups -OCH3 is 2. The lowest BCUT2D eigenvalue weighted by molar-refractivity contribution is -0.0393. The van der Waals surface area contributed by atoms with Crippen LogP contribution in [0, 0.1) is 5.41 Å². The molecule has 9 heteroatoms. The van der Waals surface area contributed by atoms with Crippen LogP contribution >= 0.6 is 12.4 Å². The van der Waals surface area contributed by atoms with Crippen LogP contribution in [0.25, 0.3) is 11.2 Å². The average Bonchev–Trinajstić information content (AvgIpc) is 3.28. The maximum Gasteiger partial charge on any atom is 0.173 e. The first-order chi connectivity index (χ1) is 15.4. The highest BCUT2D eigenvalue weighted by Gasteiger charge is 2.26. The summed E-state index contributed by atoms with van der Waals surface area (Å²) in [6.45, 7) is 4.90. The Morgan fingerprint density at radius 3 is 2.42 bits per heavy atom. The van der Waals surface area contributed by atoms with E-state index < -0.39 is 5.60 Å². The number of hydrogen-bond acceptors (Lipinski definition) is 6. The summed E-state index contributed by atoms with van der Waals surface area (Å²) < 4.78 is 18.8. The average molecular weight is 470 g/mol. The lowest BCUT2D eigenvalue weighted by Gasteiger charge is -2.23. The van der Waals surface area contributed by atoms with Crippen LogP contribution in [0.1, 0.15) is 30.8 Å². The summed E-state index contributed by atoms with van der Waals surface area (Å²) in [6, 6.07) is 15.8. The summed E-state index contributed by atoms with van der Waals surface area (Å²) in [7, 11) is 3.22. The minimum absolute atomic E-state index is 0.